The summed E-state index contributed by atoms with van der Waals surface area (Å²) in [5, 5.41) is 8.71. The van der Waals surface area contributed by atoms with Crippen LogP contribution in [0.3, 0.4) is 0 Å². The van der Waals surface area contributed by atoms with Gasteiger partial charge >= 0.3 is 16.2 Å². The third-order valence-electron chi connectivity index (χ3n) is 2.40. The zero-order valence-electron chi connectivity index (χ0n) is 10.7. The Balaban J connectivity index is 2.95. The Kier molecular flexibility index (Phi) is 5.78. The highest BCUT2D eigenvalue weighted by atomic mass is 32.2. The topological polar surface area (TPSA) is 86.7 Å². The molecule has 106 valence electrons. The van der Waals surface area contributed by atoms with Gasteiger partial charge < -0.3 is 5.11 Å². The summed E-state index contributed by atoms with van der Waals surface area (Å²) in [7, 11) is -3.71. The highest BCUT2D eigenvalue weighted by molar-refractivity contribution is 7.90. The molecule has 0 amide bonds. The monoisotopic (exact) mass is 286 g/mol. The first-order chi connectivity index (χ1) is 8.97. The van der Waals surface area contributed by atoms with Crippen LogP contribution in [0.1, 0.15) is 19.8 Å². The SMILES string of the molecule is CCCNS(=O)(=O)N(CCC(=O)O)c1ccccc1. The van der Waals surface area contributed by atoms with Crippen LogP contribution < -0.4 is 9.03 Å². The van der Waals surface area contributed by atoms with Gasteiger partial charge in [0.2, 0.25) is 0 Å². The zero-order chi connectivity index (χ0) is 14.3. The van der Waals surface area contributed by atoms with E-state index in [9.17, 15) is 13.2 Å². The zero-order valence-corrected chi connectivity index (χ0v) is 11.6. The molecule has 0 aromatic heterocycles. The van der Waals surface area contributed by atoms with Crippen LogP contribution in [0.4, 0.5) is 5.69 Å². The lowest BCUT2D eigenvalue weighted by molar-refractivity contribution is -0.136. The molecule has 0 saturated carbocycles. The number of carboxylic acids is 1. The number of carbonyl (C=O) groups is 1. The molecular weight excluding hydrogens is 268 g/mol. The molecule has 19 heavy (non-hydrogen) atoms. The molecule has 1 aromatic carbocycles. The predicted molar refractivity (Wildman–Crippen MR) is 73.3 cm³/mol. The predicted octanol–water partition coefficient (Wildman–Crippen LogP) is 1.21. The van der Waals surface area contributed by atoms with Gasteiger partial charge in [0.1, 0.15) is 0 Å². The average Bonchev–Trinajstić information content (AvgIpc) is 2.37. The Hall–Kier alpha value is -1.60. The van der Waals surface area contributed by atoms with Crippen molar-refractivity contribution in [3.63, 3.8) is 0 Å². The minimum atomic E-state index is -3.71. The van der Waals surface area contributed by atoms with Crippen LogP contribution in [0.2, 0.25) is 0 Å². The van der Waals surface area contributed by atoms with Crippen molar-refractivity contribution < 1.29 is 18.3 Å². The van der Waals surface area contributed by atoms with Gasteiger partial charge in [-0.2, -0.15) is 13.1 Å². The number of nitrogens with one attached hydrogen (secondary N) is 1. The molecule has 7 heteroatoms. The lowest BCUT2D eigenvalue weighted by atomic mass is 10.3. The first-order valence-corrected chi connectivity index (χ1v) is 7.45. The standard InChI is InChI=1S/C12H18N2O4S/c1-2-9-13-19(17,18)14(10-8-12(15)16)11-6-4-3-5-7-11/h3-7,13H,2,8-10H2,1H3,(H,15,16). The van der Waals surface area contributed by atoms with Gasteiger partial charge in [-0.05, 0) is 18.6 Å². The Morgan fingerprint density at radius 3 is 2.47 bits per heavy atom. The Bertz CT molecular complexity index is 502. The maximum Gasteiger partial charge on any atom is 0.305 e. The first-order valence-electron chi connectivity index (χ1n) is 6.01. The Morgan fingerprint density at radius 2 is 1.95 bits per heavy atom. The normalized spacial score (nSPS) is 11.2. The molecule has 0 radical (unpaired) electrons. The molecule has 0 aliphatic rings. The summed E-state index contributed by atoms with van der Waals surface area (Å²) in [5.41, 5.74) is 0.451. The second-order valence-electron chi connectivity index (χ2n) is 3.95. The van der Waals surface area contributed by atoms with Crippen molar-refractivity contribution in [3.05, 3.63) is 30.3 Å². The summed E-state index contributed by atoms with van der Waals surface area (Å²) >= 11 is 0. The van der Waals surface area contributed by atoms with E-state index in [1.165, 1.54) is 0 Å². The lowest BCUT2D eigenvalue weighted by Crippen LogP contribution is -2.42. The van der Waals surface area contributed by atoms with E-state index < -0.39 is 16.2 Å². The molecule has 1 rings (SSSR count). The molecule has 0 bridgehead atoms. The first kappa shape index (κ1) is 15.5. The molecule has 6 nitrogen and oxygen atoms in total. The minimum Gasteiger partial charge on any atom is -0.481 e. The summed E-state index contributed by atoms with van der Waals surface area (Å²) in [6, 6.07) is 8.45. The molecule has 0 fully saturated rings. The van der Waals surface area contributed by atoms with Crippen LogP contribution in [-0.2, 0) is 15.0 Å². The van der Waals surface area contributed by atoms with E-state index in [4.69, 9.17) is 5.11 Å². The summed E-state index contributed by atoms with van der Waals surface area (Å²) in [5.74, 6) is -1.04. The smallest absolute Gasteiger partial charge is 0.305 e. The average molecular weight is 286 g/mol. The fourth-order valence-electron chi connectivity index (χ4n) is 1.49. The molecule has 2 N–H and O–H groups in total. The fourth-order valence-corrected chi connectivity index (χ4v) is 2.84. The molecule has 0 spiro atoms. The van der Waals surface area contributed by atoms with E-state index in [-0.39, 0.29) is 13.0 Å². The van der Waals surface area contributed by atoms with Crippen molar-refractivity contribution in [2.45, 2.75) is 19.8 Å². The third-order valence-corrected chi connectivity index (χ3v) is 3.94. The summed E-state index contributed by atoms with van der Waals surface area (Å²) in [4.78, 5) is 10.6. The van der Waals surface area contributed by atoms with Crippen LogP contribution >= 0.6 is 0 Å². The van der Waals surface area contributed by atoms with Crippen molar-refractivity contribution in [1.29, 1.82) is 0 Å². The Morgan fingerprint density at radius 1 is 1.32 bits per heavy atom. The highest BCUT2D eigenvalue weighted by Crippen LogP contribution is 2.16. The molecule has 0 heterocycles. The van der Waals surface area contributed by atoms with Crippen molar-refractivity contribution in [2.75, 3.05) is 17.4 Å². The van der Waals surface area contributed by atoms with Gasteiger partial charge in [0.05, 0.1) is 12.1 Å². The van der Waals surface area contributed by atoms with Crippen LogP contribution in [-0.4, -0.2) is 32.6 Å². The van der Waals surface area contributed by atoms with Crippen LogP contribution in [0.5, 0.6) is 0 Å². The van der Waals surface area contributed by atoms with Gasteiger partial charge in [-0.25, -0.2) is 0 Å². The van der Waals surface area contributed by atoms with E-state index in [0.717, 1.165) is 4.31 Å². The van der Waals surface area contributed by atoms with Crippen molar-refractivity contribution in [1.82, 2.24) is 4.72 Å². The number of anilines is 1. The van der Waals surface area contributed by atoms with Gasteiger partial charge in [-0.1, -0.05) is 25.1 Å². The Labute approximate surface area is 113 Å². The fraction of sp³-hybridized carbons (Fsp3) is 0.417. The van der Waals surface area contributed by atoms with Gasteiger partial charge in [-0.15, -0.1) is 0 Å². The number of benzene rings is 1. The van der Waals surface area contributed by atoms with Gasteiger partial charge in [0.25, 0.3) is 0 Å². The minimum absolute atomic E-state index is 0.0988. The van der Waals surface area contributed by atoms with Crippen LogP contribution in [0.15, 0.2) is 30.3 Å². The number of hydrogen-bond donors (Lipinski definition) is 2. The highest BCUT2D eigenvalue weighted by Gasteiger charge is 2.22. The largest absolute Gasteiger partial charge is 0.481 e. The maximum atomic E-state index is 12.1. The number of para-hydroxylation sites is 1. The second-order valence-corrected chi connectivity index (χ2v) is 5.63. The van der Waals surface area contributed by atoms with E-state index >= 15 is 0 Å². The van der Waals surface area contributed by atoms with Crippen molar-refractivity contribution in [3.8, 4) is 0 Å². The summed E-state index contributed by atoms with van der Waals surface area (Å²) < 4.78 is 27.8. The second kappa shape index (κ2) is 7.10. The molecule has 0 atom stereocenters. The van der Waals surface area contributed by atoms with Gasteiger partial charge in [0.15, 0.2) is 0 Å². The van der Waals surface area contributed by atoms with E-state index in [1.807, 2.05) is 6.92 Å². The number of hydrogen-bond acceptors (Lipinski definition) is 3. The quantitative estimate of drug-likeness (QED) is 0.752. The molecule has 0 unspecified atom stereocenters. The molecule has 1 aromatic rings. The molecular formula is C12H18N2O4S. The van der Waals surface area contributed by atoms with Crippen LogP contribution in [0.25, 0.3) is 0 Å². The van der Waals surface area contributed by atoms with E-state index in [0.29, 0.717) is 18.7 Å². The van der Waals surface area contributed by atoms with E-state index in [2.05, 4.69) is 4.72 Å². The molecule has 0 aliphatic carbocycles. The van der Waals surface area contributed by atoms with Gasteiger partial charge in [-0.3, -0.25) is 9.10 Å². The van der Waals surface area contributed by atoms with Gasteiger partial charge in [0, 0.05) is 13.1 Å². The van der Waals surface area contributed by atoms with E-state index in [1.54, 1.807) is 30.3 Å². The third kappa shape index (κ3) is 4.88. The molecule has 0 aliphatic heterocycles. The summed E-state index contributed by atoms with van der Waals surface area (Å²) in [6.07, 6.45) is 0.419. The number of rotatable bonds is 8. The lowest BCUT2D eigenvalue weighted by Gasteiger charge is -2.23. The maximum absolute atomic E-state index is 12.1. The number of aliphatic carboxylic acids is 1. The number of nitrogens with zero attached hydrogens (tertiary/aromatic N) is 1. The summed E-state index contributed by atoms with van der Waals surface area (Å²) in [6.45, 7) is 2.07. The van der Waals surface area contributed by atoms with Crippen LogP contribution in [0, 0.1) is 0 Å². The molecule has 0 saturated heterocycles. The van der Waals surface area contributed by atoms with Crippen molar-refractivity contribution >= 4 is 21.9 Å². The number of carboxylic acid groups (broad SMARTS) is 1. The van der Waals surface area contributed by atoms with Crippen molar-refractivity contribution in [2.24, 2.45) is 0 Å².